The zero-order chi connectivity index (χ0) is 24.0. The summed E-state index contributed by atoms with van der Waals surface area (Å²) < 4.78 is 39.1. The van der Waals surface area contributed by atoms with Gasteiger partial charge in [0.1, 0.15) is 6.54 Å². The second kappa shape index (κ2) is 10.6. The van der Waals surface area contributed by atoms with Gasteiger partial charge in [0, 0.05) is 18.1 Å². The number of methoxy groups -OCH3 is 2. The van der Waals surface area contributed by atoms with Crippen LogP contribution >= 0.6 is 11.6 Å². The maximum Gasteiger partial charge on any atom is 0.264 e. The smallest absolute Gasteiger partial charge is 0.264 e. The first kappa shape index (κ1) is 24.4. The number of anilines is 1. The van der Waals surface area contributed by atoms with Gasteiger partial charge in [0.15, 0.2) is 11.5 Å². The van der Waals surface area contributed by atoms with Crippen molar-refractivity contribution in [2.24, 2.45) is 0 Å². The maximum absolute atomic E-state index is 13.8. The fourth-order valence-electron chi connectivity index (χ4n) is 3.37. The van der Waals surface area contributed by atoms with Crippen LogP contribution in [0.1, 0.15) is 11.1 Å². The molecule has 1 amide bonds. The van der Waals surface area contributed by atoms with E-state index in [4.69, 9.17) is 21.1 Å². The Morgan fingerprint density at radius 3 is 2.30 bits per heavy atom. The highest BCUT2D eigenvalue weighted by atomic mass is 35.5. The Bertz CT molecular complexity index is 1230. The highest BCUT2D eigenvalue weighted by Crippen LogP contribution is 2.34. The van der Waals surface area contributed by atoms with E-state index >= 15 is 0 Å². The highest BCUT2D eigenvalue weighted by Gasteiger charge is 2.30. The molecule has 0 aliphatic rings. The van der Waals surface area contributed by atoms with E-state index in [1.807, 2.05) is 30.3 Å². The Hall–Kier alpha value is -3.23. The average molecular weight is 489 g/mol. The number of halogens is 1. The van der Waals surface area contributed by atoms with Crippen molar-refractivity contribution < 1.29 is 22.7 Å². The van der Waals surface area contributed by atoms with Crippen molar-refractivity contribution in [1.82, 2.24) is 5.32 Å². The third-order valence-corrected chi connectivity index (χ3v) is 7.05. The molecule has 0 radical (unpaired) electrons. The Labute approximate surface area is 198 Å². The molecule has 0 saturated heterocycles. The summed E-state index contributed by atoms with van der Waals surface area (Å²) in [6, 6.07) is 18.8. The summed E-state index contributed by atoms with van der Waals surface area (Å²) in [7, 11) is 0.194. The van der Waals surface area contributed by atoms with E-state index in [1.165, 1.54) is 39.5 Å². The van der Waals surface area contributed by atoms with Gasteiger partial charge in [-0.15, -0.1) is 0 Å². The van der Waals surface area contributed by atoms with Gasteiger partial charge in [0.2, 0.25) is 5.91 Å². The molecular formula is C24H25ClN2O5S. The summed E-state index contributed by atoms with van der Waals surface area (Å²) >= 11 is 6.25. The third kappa shape index (κ3) is 5.58. The van der Waals surface area contributed by atoms with Crippen molar-refractivity contribution in [2.75, 3.05) is 32.1 Å². The summed E-state index contributed by atoms with van der Waals surface area (Å²) in [5, 5.41) is 2.96. The van der Waals surface area contributed by atoms with Crippen LogP contribution in [0.15, 0.2) is 71.6 Å². The van der Waals surface area contributed by atoms with Gasteiger partial charge < -0.3 is 14.8 Å². The number of rotatable bonds is 9. The van der Waals surface area contributed by atoms with Gasteiger partial charge >= 0.3 is 0 Å². The molecule has 0 fully saturated rings. The van der Waals surface area contributed by atoms with E-state index in [2.05, 4.69) is 5.32 Å². The molecule has 3 aromatic carbocycles. The van der Waals surface area contributed by atoms with E-state index in [9.17, 15) is 13.2 Å². The number of hydrogen-bond donors (Lipinski definition) is 1. The molecule has 0 saturated carbocycles. The van der Waals surface area contributed by atoms with Gasteiger partial charge in [-0.1, -0.05) is 41.9 Å². The van der Waals surface area contributed by atoms with Gasteiger partial charge in [0.05, 0.1) is 24.8 Å². The van der Waals surface area contributed by atoms with Crippen LogP contribution in [-0.4, -0.2) is 42.1 Å². The minimum absolute atomic E-state index is 0.0373. The van der Waals surface area contributed by atoms with Crippen molar-refractivity contribution in [2.45, 2.75) is 11.3 Å². The molecule has 3 aromatic rings. The number of ether oxygens (including phenoxy) is 2. The maximum atomic E-state index is 13.8. The van der Waals surface area contributed by atoms with Crippen LogP contribution in [0, 0.1) is 0 Å². The van der Waals surface area contributed by atoms with Crippen LogP contribution in [-0.2, 0) is 21.2 Å². The predicted octanol–water partition coefficient (Wildman–Crippen LogP) is 3.89. The molecule has 0 aliphatic heterocycles. The molecular weight excluding hydrogens is 464 g/mol. The van der Waals surface area contributed by atoms with Crippen molar-refractivity contribution >= 4 is 33.2 Å². The predicted molar refractivity (Wildman–Crippen MR) is 129 cm³/mol. The standard InChI is InChI=1S/C24H25ClN2O5S/c1-26-24(28)16-27(33(29,30)20-10-12-22(31-2)23(15-20)32-3)21-11-9-19(25)14-18(21)13-17-7-5-4-6-8-17/h4-12,14-15H,13,16H2,1-3H3,(H,26,28). The lowest BCUT2D eigenvalue weighted by molar-refractivity contribution is -0.119. The van der Waals surface area contributed by atoms with Gasteiger partial charge in [-0.25, -0.2) is 8.42 Å². The number of nitrogens with one attached hydrogen (secondary N) is 1. The van der Waals surface area contributed by atoms with E-state index in [0.717, 1.165) is 9.87 Å². The monoisotopic (exact) mass is 488 g/mol. The van der Waals surface area contributed by atoms with Gasteiger partial charge in [0.25, 0.3) is 10.0 Å². The number of likely N-dealkylation sites (N-methyl/N-ethyl adjacent to an activating group) is 1. The second-order valence-corrected chi connectivity index (χ2v) is 9.44. The number of carbonyl (C=O) groups is 1. The summed E-state index contributed by atoms with van der Waals surface area (Å²) in [6.07, 6.45) is 0.433. The first-order chi connectivity index (χ1) is 15.8. The van der Waals surface area contributed by atoms with Crippen LogP contribution in [0.3, 0.4) is 0 Å². The molecule has 7 nitrogen and oxygen atoms in total. The fraction of sp³-hybridized carbons (Fsp3) is 0.208. The van der Waals surface area contributed by atoms with Crippen LogP contribution in [0.2, 0.25) is 5.02 Å². The molecule has 1 N–H and O–H groups in total. The molecule has 0 unspecified atom stereocenters. The van der Waals surface area contributed by atoms with Crippen LogP contribution in [0.5, 0.6) is 11.5 Å². The number of nitrogens with zero attached hydrogens (tertiary/aromatic N) is 1. The largest absolute Gasteiger partial charge is 0.493 e. The molecule has 9 heteroatoms. The van der Waals surface area contributed by atoms with E-state index in [0.29, 0.717) is 28.4 Å². The molecule has 0 heterocycles. The first-order valence-electron chi connectivity index (χ1n) is 10.1. The Balaban J connectivity index is 2.15. The minimum Gasteiger partial charge on any atom is -0.493 e. The molecule has 3 rings (SSSR count). The zero-order valence-corrected chi connectivity index (χ0v) is 20.1. The second-order valence-electron chi connectivity index (χ2n) is 7.14. The average Bonchev–Trinajstić information content (AvgIpc) is 2.82. The molecule has 0 spiro atoms. The third-order valence-electron chi connectivity index (χ3n) is 5.06. The lowest BCUT2D eigenvalue weighted by Gasteiger charge is -2.26. The van der Waals surface area contributed by atoms with E-state index in [-0.39, 0.29) is 10.6 Å². The first-order valence-corrected chi connectivity index (χ1v) is 11.9. The lowest BCUT2D eigenvalue weighted by Crippen LogP contribution is -2.40. The highest BCUT2D eigenvalue weighted by molar-refractivity contribution is 7.92. The quantitative estimate of drug-likeness (QED) is 0.494. The number of benzene rings is 3. The van der Waals surface area contributed by atoms with Crippen molar-refractivity contribution in [3.8, 4) is 11.5 Å². The van der Waals surface area contributed by atoms with Crippen molar-refractivity contribution in [1.29, 1.82) is 0 Å². The number of hydrogen-bond acceptors (Lipinski definition) is 5. The van der Waals surface area contributed by atoms with E-state index < -0.39 is 22.5 Å². The fourth-order valence-corrected chi connectivity index (χ4v) is 5.04. The summed E-state index contributed by atoms with van der Waals surface area (Å²) in [5.74, 6) is 0.198. The Kier molecular flexibility index (Phi) is 7.84. The van der Waals surface area contributed by atoms with Crippen molar-refractivity contribution in [3.63, 3.8) is 0 Å². The summed E-state index contributed by atoms with van der Waals surface area (Å²) in [6.45, 7) is -0.406. The van der Waals surface area contributed by atoms with Crippen LogP contribution < -0.4 is 19.1 Å². The Morgan fingerprint density at radius 2 is 1.67 bits per heavy atom. The van der Waals surface area contributed by atoms with E-state index in [1.54, 1.807) is 18.2 Å². The number of carbonyl (C=O) groups excluding carboxylic acids is 1. The summed E-state index contributed by atoms with van der Waals surface area (Å²) in [4.78, 5) is 12.3. The summed E-state index contributed by atoms with van der Waals surface area (Å²) in [5.41, 5.74) is 2.01. The molecule has 0 aliphatic carbocycles. The Morgan fingerprint density at radius 1 is 0.970 bits per heavy atom. The van der Waals surface area contributed by atoms with Gasteiger partial charge in [-0.05, 0) is 47.9 Å². The molecule has 33 heavy (non-hydrogen) atoms. The van der Waals surface area contributed by atoms with Crippen molar-refractivity contribution in [3.05, 3.63) is 82.9 Å². The normalized spacial score (nSPS) is 11.0. The minimum atomic E-state index is -4.15. The zero-order valence-electron chi connectivity index (χ0n) is 18.5. The van der Waals surface area contributed by atoms with Gasteiger partial charge in [-0.2, -0.15) is 0 Å². The molecule has 0 atom stereocenters. The van der Waals surface area contributed by atoms with Crippen LogP contribution in [0.25, 0.3) is 0 Å². The molecule has 0 bridgehead atoms. The van der Waals surface area contributed by atoms with Gasteiger partial charge in [-0.3, -0.25) is 9.10 Å². The lowest BCUT2D eigenvalue weighted by atomic mass is 10.0. The number of sulfonamides is 1. The number of amides is 1. The molecule has 174 valence electrons. The topological polar surface area (TPSA) is 84.9 Å². The molecule has 0 aromatic heterocycles. The van der Waals surface area contributed by atoms with Crippen LogP contribution in [0.4, 0.5) is 5.69 Å². The SMILES string of the molecule is CNC(=O)CN(c1ccc(Cl)cc1Cc1ccccc1)S(=O)(=O)c1ccc(OC)c(OC)c1.